The van der Waals surface area contributed by atoms with Gasteiger partial charge < -0.3 is 5.73 Å². The van der Waals surface area contributed by atoms with Gasteiger partial charge in [-0.25, -0.2) is 8.78 Å². The van der Waals surface area contributed by atoms with E-state index in [9.17, 15) is 8.78 Å². The van der Waals surface area contributed by atoms with Gasteiger partial charge in [0.05, 0.1) is 4.47 Å². The molecule has 2 N–H and O–H groups in total. The molecule has 1 atom stereocenters. The predicted octanol–water partition coefficient (Wildman–Crippen LogP) is 4.12. The summed E-state index contributed by atoms with van der Waals surface area (Å²) in [6.07, 6.45) is 0. The van der Waals surface area contributed by atoms with Gasteiger partial charge in [-0.2, -0.15) is 11.8 Å². The van der Waals surface area contributed by atoms with Crippen LogP contribution in [0.15, 0.2) is 16.6 Å². The molecule has 96 valence electrons. The van der Waals surface area contributed by atoms with Gasteiger partial charge in [-0.15, -0.1) is 0 Å². The Kier molecular flexibility index (Phi) is 5.89. The van der Waals surface area contributed by atoms with Crippen molar-refractivity contribution in [1.29, 1.82) is 0 Å². The third-order valence-electron chi connectivity index (χ3n) is 2.20. The van der Waals surface area contributed by atoms with Crippen LogP contribution in [0, 0.1) is 17.6 Å². The molecule has 1 nitrogen and oxygen atoms in total. The first-order valence-electron chi connectivity index (χ1n) is 5.40. The zero-order valence-electron chi connectivity index (χ0n) is 9.84. The molecule has 17 heavy (non-hydrogen) atoms. The van der Waals surface area contributed by atoms with Crippen LogP contribution in [0.25, 0.3) is 0 Å². The summed E-state index contributed by atoms with van der Waals surface area (Å²) < 4.78 is 27.5. The van der Waals surface area contributed by atoms with Crippen LogP contribution < -0.4 is 5.73 Å². The predicted molar refractivity (Wildman–Crippen MR) is 73.1 cm³/mol. The second kappa shape index (κ2) is 6.71. The van der Waals surface area contributed by atoms with E-state index in [2.05, 4.69) is 29.8 Å². The highest BCUT2D eigenvalue weighted by Crippen LogP contribution is 2.27. The molecular weight excluding hydrogens is 308 g/mol. The smallest absolute Gasteiger partial charge is 0.145 e. The van der Waals surface area contributed by atoms with Gasteiger partial charge in [-0.3, -0.25) is 0 Å². The number of halogens is 3. The van der Waals surface area contributed by atoms with E-state index in [4.69, 9.17) is 5.73 Å². The maximum Gasteiger partial charge on any atom is 0.145 e. The Bertz CT molecular complexity index is 385. The topological polar surface area (TPSA) is 26.0 Å². The molecule has 0 fully saturated rings. The van der Waals surface area contributed by atoms with Gasteiger partial charge in [0, 0.05) is 17.4 Å². The van der Waals surface area contributed by atoms with Crippen molar-refractivity contribution in [2.45, 2.75) is 19.9 Å². The third kappa shape index (κ3) is 4.23. The van der Waals surface area contributed by atoms with Crippen LogP contribution in [-0.2, 0) is 0 Å². The van der Waals surface area contributed by atoms with E-state index >= 15 is 0 Å². The summed E-state index contributed by atoms with van der Waals surface area (Å²) >= 11 is 4.65. The first-order valence-corrected chi connectivity index (χ1v) is 7.35. The molecule has 0 aliphatic carbocycles. The Hall–Kier alpha value is -0.130. The molecule has 0 aliphatic heterocycles. The van der Waals surface area contributed by atoms with Crippen molar-refractivity contribution >= 4 is 27.7 Å². The molecular formula is C12H16BrF2NS. The highest BCUT2D eigenvalue weighted by atomic mass is 79.9. The number of hydrogen-bond donors (Lipinski definition) is 1. The zero-order chi connectivity index (χ0) is 13.0. The van der Waals surface area contributed by atoms with Crippen molar-refractivity contribution < 1.29 is 8.78 Å². The maximum absolute atomic E-state index is 13.7. The lowest BCUT2D eigenvalue weighted by atomic mass is 10.1. The van der Waals surface area contributed by atoms with E-state index in [1.54, 1.807) is 11.8 Å². The summed E-state index contributed by atoms with van der Waals surface area (Å²) in [4.78, 5) is 0. The molecule has 5 heteroatoms. The lowest BCUT2D eigenvalue weighted by molar-refractivity contribution is 0.534. The van der Waals surface area contributed by atoms with Gasteiger partial charge in [0.15, 0.2) is 0 Å². The van der Waals surface area contributed by atoms with Crippen molar-refractivity contribution in [2.75, 3.05) is 11.5 Å². The minimum absolute atomic E-state index is 0.0318. The molecule has 0 amide bonds. The SMILES string of the molecule is CC(C)CSCC(N)c1c(F)ccc(Br)c1F. The highest BCUT2D eigenvalue weighted by molar-refractivity contribution is 9.10. The van der Waals surface area contributed by atoms with Crippen molar-refractivity contribution in [3.63, 3.8) is 0 Å². The van der Waals surface area contributed by atoms with Crippen LogP contribution >= 0.6 is 27.7 Å². The van der Waals surface area contributed by atoms with Crippen molar-refractivity contribution in [3.05, 3.63) is 33.8 Å². The Morgan fingerprint density at radius 2 is 1.94 bits per heavy atom. The van der Waals surface area contributed by atoms with E-state index in [1.807, 2.05) is 0 Å². The summed E-state index contributed by atoms with van der Waals surface area (Å²) in [7, 11) is 0. The van der Waals surface area contributed by atoms with E-state index in [-0.39, 0.29) is 10.0 Å². The second-order valence-electron chi connectivity index (χ2n) is 4.29. The van der Waals surface area contributed by atoms with E-state index < -0.39 is 17.7 Å². The van der Waals surface area contributed by atoms with Gasteiger partial charge in [0.25, 0.3) is 0 Å². The molecule has 1 rings (SSSR count). The molecule has 0 aliphatic rings. The molecule has 1 aromatic carbocycles. The molecule has 0 spiro atoms. The van der Waals surface area contributed by atoms with Crippen LogP contribution in [0.1, 0.15) is 25.5 Å². The number of rotatable bonds is 5. The largest absolute Gasteiger partial charge is 0.323 e. The zero-order valence-corrected chi connectivity index (χ0v) is 12.2. The van der Waals surface area contributed by atoms with Crippen molar-refractivity contribution in [3.8, 4) is 0 Å². The Morgan fingerprint density at radius 1 is 1.29 bits per heavy atom. The Balaban J connectivity index is 2.74. The Labute approximate surface area is 113 Å². The van der Waals surface area contributed by atoms with Crippen molar-refractivity contribution in [2.24, 2.45) is 11.7 Å². The lowest BCUT2D eigenvalue weighted by Gasteiger charge is -2.15. The summed E-state index contributed by atoms with van der Waals surface area (Å²) in [5.74, 6) is 0.823. The first-order chi connectivity index (χ1) is 7.93. The molecule has 0 heterocycles. The normalized spacial score (nSPS) is 13.1. The van der Waals surface area contributed by atoms with Gasteiger partial charge in [-0.1, -0.05) is 13.8 Å². The summed E-state index contributed by atoms with van der Waals surface area (Å²) in [5.41, 5.74) is 5.80. The maximum atomic E-state index is 13.7. The van der Waals surface area contributed by atoms with Gasteiger partial charge in [0.1, 0.15) is 11.6 Å². The van der Waals surface area contributed by atoms with Gasteiger partial charge in [0.2, 0.25) is 0 Å². The van der Waals surface area contributed by atoms with Crippen LogP contribution in [-0.4, -0.2) is 11.5 Å². The minimum atomic E-state index is -0.615. The first kappa shape index (κ1) is 14.9. The number of thioether (sulfide) groups is 1. The third-order valence-corrected chi connectivity index (χ3v) is 4.31. The van der Waals surface area contributed by atoms with Crippen LogP contribution in [0.4, 0.5) is 8.78 Å². The molecule has 1 aromatic rings. The summed E-state index contributed by atoms with van der Waals surface area (Å²) in [6, 6.07) is 1.97. The molecule has 0 saturated carbocycles. The van der Waals surface area contributed by atoms with Crippen molar-refractivity contribution in [1.82, 2.24) is 0 Å². The standard InChI is InChI=1S/C12H16BrF2NS/c1-7(2)5-17-6-10(16)11-9(14)4-3-8(13)12(11)15/h3-4,7,10H,5-6,16H2,1-2H3. The van der Waals surface area contributed by atoms with Crippen LogP contribution in [0.2, 0.25) is 0 Å². The fourth-order valence-corrected chi connectivity index (χ4v) is 2.77. The minimum Gasteiger partial charge on any atom is -0.323 e. The van der Waals surface area contributed by atoms with Crippen LogP contribution in [0.3, 0.4) is 0 Å². The summed E-state index contributed by atoms with van der Waals surface area (Å²) in [5, 5.41) is 0. The number of hydrogen-bond acceptors (Lipinski definition) is 2. The quantitative estimate of drug-likeness (QED) is 0.825. The van der Waals surface area contributed by atoms with E-state index in [0.29, 0.717) is 11.7 Å². The second-order valence-corrected chi connectivity index (χ2v) is 6.22. The molecule has 0 radical (unpaired) electrons. The lowest BCUT2D eigenvalue weighted by Crippen LogP contribution is -2.17. The fourth-order valence-electron chi connectivity index (χ4n) is 1.40. The monoisotopic (exact) mass is 323 g/mol. The highest BCUT2D eigenvalue weighted by Gasteiger charge is 2.18. The molecule has 0 bridgehead atoms. The average Bonchev–Trinajstić information content (AvgIpc) is 2.23. The van der Waals surface area contributed by atoms with Crippen LogP contribution in [0.5, 0.6) is 0 Å². The Morgan fingerprint density at radius 3 is 2.53 bits per heavy atom. The van der Waals surface area contributed by atoms with Gasteiger partial charge in [-0.05, 0) is 39.7 Å². The van der Waals surface area contributed by atoms with Gasteiger partial charge >= 0.3 is 0 Å². The number of nitrogens with two attached hydrogens (primary N) is 1. The molecule has 0 saturated heterocycles. The molecule has 1 unspecified atom stereocenters. The molecule has 0 aromatic heterocycles. The number of benzene rings is 1. The van der Waals surface area contributed by atoms with E-state index in [1.165, 1.54) is 12.1 Å². The average molecular weight is 324 g/mol. The summed E-state index contributed by atoms with van der Waals surface area (Å²) in [6.45, 7) is 4.19. The van der Waals surface area contributed by atoms with E-state index in [0.717, 1.165) is 5.75 Å². The fraction of sp³-hybridized carbons (Fsp3) is 0.500.